The second-order valence-corrected chi connectivity index (χ2v) is 5.83. The van der Waals surface area contributed by atoms with Crippen LogP contribution in [0.3, 0.4) is 0 Å². The minimum atomic E-state index is -0.398. The second-order valence-electron chi connectivity index (χ2n) is 5.83. The Morgan fingerprint density at radius 1 is 1.15 bits per heavy atom. The van der Waals surface area contributed by atoms with Crippen LogP contribution in [0.1, 0.15) is 17.5 Å². The van der Waals surface area contributed by atoms with Crippen LogP contribution in [-0.2, 0) is 9.59 Å². The highest BCUT2D eigenvalue weighted by Crippen LogP contribution is 2.16. The van der Waals surface area contributed by atoms with Crippen molar-refractivity contribution in [3.05, 3.63) is 48.4 Å². The van der Waals surface area contributed by atoms with Gasteiger partial charge in [0, 0.05) is 25.3 Å². The fourth-order valence-electron chi connectivity index (χ4n) is 2.41. The van der Waals surface area contributed by atoms with Gasteiger partial charge in [0.1, 0.15) is 5.75 Å². The van der Waals surface area contributed by atoms with Crippen molar-refractivity contribution in [2.75, 3.05) is 39.1 Å². The first-order chi connectivity index (χ1) is 12.9. The smallest absolute Gasteiger partial charge is 0.289 e. The predicted octanol–water partition coefficient (Wildman–Crippen LogP) is 1.85. The van der Waals surface area contributed by atoms with Crippen LogP contribution in [-0.4, -0.2) is 61.3 Å². The Hall–Kier alpha value is -3.29. The Morgan fingerprint density at radius 2 is 1.93 bits per heavy atom. The van der Waals surface area contributed by atoms with Gasteiger partial charge in [0.25, 0.3) is 5.91 Å². The maximum atomic E-state index is 12.4. The number of hydrogen-bond donors (Lipinski definition) is 1. The molecule has 0 aliphatic carbocycles. The fraction of sp³-hybridized carbons (Fsp3) is 0.316. The molecular weight excluding hydrogens is 350 g/mol. The van der Waals surface area contributed by atoms with E-state index in [9.17, 15) is 14.4 Å². The average Bonchev–Trinajstić information content (AvgIpc) is 3.20. The first-order valence-electron chi connectivity index (χ1n) is 8.45. The van der Waals surface area contributed by atoms with Crippen LogP contribution < -0.4 is 10.1 Å². The Balaban J connectivity index is 1.91. The van der Waals surface area contributed by atoms with Crippen LogP contribution in [0.15, 0.2) is 47.1 Å². The third-order valence-electron chi connectivity index (χ3n) is 3.87. The maximum absolute atomic E-state index is 12.4. The molecule has 1 aromatic heterocycles. The molecule has 0 unspecified atom stereocenters. The van der Waals surface area contributed by atoms with Gasteiger partial charge in [0.05, 0.1) is 26.5 Å². The lowest BCUT2D eigenvalue weighted by atomic mass is 10.3. The number of benzene rings is 1. The quantitative estimate of drug-likeness (QED) is 0.762. The Morgan fingerprint density at radius 3 is 2.56 bits per heavy atom. The van der Waals surface area contributed by atoms with Crippen molar-refractivity contribution in [1.29, 1.82) is 0 Å². The van der Waals surface area contributed by atoms with E-state index in [1.807, 2.05) is 0 Å². The van der Waals surface area contributed by atoms with E-state index in [0.717, 1.165) is 0 Å². The molecule has 0 aliphatic rings. The number of ether oxygens (including phenoxy) is 1. The lowest BCUT2D eigenvalue weighted by Gasteiger charge is -2.23. The van der Waals surface area contributed by atoms with Gasteiger partial charge in [0.2, 0.25) is 11.8 Å². The topological polar surface area (TPSA) is 92.1 Å². The molecule has 1 heterocycles. The van der Waals surface area contributed by atoms with Crippen LogP contribution in [0, 0.1) is 0 Å². The number of furan rings is 1. The highest BCUT2D eigenvalue weighted by Gasteiger charge is 2.21. The normalized spacial score (nSPS) is 10.2. The van der Waals surface area contributed by atoms with Gasteiger partial charge in [-0.15, -0.1) is 0 Å². The summed E-state index contributed by atoms with van der Waals surface area (Å²) < 4.78 is 10.2. The van der Waals surface area contributed by atoms with E-state index in [4.69, 9.17) is 9.15 Å². The zero-order valence-corrected chi connectivity index (χ0v) is 15.6. The molecule has 8 heteroatoms. The van der Waals surface area contributed by atoms with Gasteiger partial charge in [-0.05, 0) is 31.2 Å². The highest BCUT2D eigenvalue weighted by molar-refractivity contribution is 5.96. The fourth-order valence-corrected chi connectivity index (χ4v) is 2.41. The third kappa shape index (κ3) is 5.60. The number of anilines is 1. The largest absolute Gasteiger partial charge is 0.497 e. The number of rotatable bonds is 8. The van der Waals surface area contributed by atoms with Crippen LogP contribution in [0.2, 0.25) is 0 Å². The zero-order valence-electron chi connectivity index (χ0n) is 15.6. The van der Waals surface area contributed by atoms with Crippen molar-refractivity contribution in [3.63, 3.8) is 0 Å². The van der Waals surface area contributed by atoms with Crippen molar-refractivity contribution < 1.29 is 23.5 Å². The summed E-state index contributed by atoms with van der Waals surface area (Å²) >= 11 is 0. The van der Waals surface area contributed by atoms with E-state index < -0.39 is 5.91 Å². The summed E-state index contributed by atoms with van der Waals surface area (Å²) in [6.07, 6.45) is 1.39. The van der Waals surface area contributed by atoms with Crippen molar-refractivity contribution in [1.82, 2.24) is 9.80 Å². The molecule has 0 aliphatic heterocycles. The number of carbonyl (C=O) groups is 3. The van der Waals surface area contributed by atoms with E-state index in [1.54, 1.807) is 44.4 Å². The number of methoxy groups -OCH3 is 1. The SMILES string of the molecule is CCN(CC(=O)Nc1cccc(OC)c1)C(=O)CN(C)C(=O)c1ccco1. The first kappa shape index (κ1) is 20.0. The molecule has 0 saturated carbocycles. The summed E-state index contributed by atoms with van der Waals surface area (Å²) in [6, 6.07) is 10.1. The summed E-state index contributed by atoms with van der Waals surface area (Å²) in [4.78, 5) is 39.5. The monoisotopic (exact) mass is 373 g/mol. The zero-order chi connectivity index (χ0) is 19.8. The molecule has 0 bridgehead atoms. The van der Waals surface area contributed by atoms with Gasteiger partial charge in [-0.1, -0.05) is 6.07 Å². The number of amides is 3. The van der Waals surface area contributed by atoms with Gasteiger partial charge in [0.15, 0.2) is 5.76 Å². The second kappa shape index (κ2) is 9.42. The standard InChI is InChI=1S/C19H23N3O5/c1-4-22(12-17(23)20-14-7-5-8-15(11-14)26-3)18(24)13-21(2)19(25)16-9-6-10-27-16/h5-11H,4,12-13H2,1-3H3,(H,20,23). The van der Waals surface area contributed by atoms with Gasteiger partial charge in [-0.3, -0.25) is 14.4 Å². The van der Waals surface area contributed by atoms with E-state index in [-0.39, 0.29) is 30.7 Å². The van der Waals surface area contributed by atoms with Gasteiger partial charge in [-0.25, -0.2) is 0 Å². The molecule has 2 aromatic rings. The molecular formula is C19H23N3O5. The average molecular weight is 373 g/mol. The lowest BCUT2D eigenvalue weighted by Crippen LogP contribution is -2.44. The Kier molecular flexibility index (Phi) is 6.99. The van der Waals surface area contributed by atoms with Crippen LogP contribution >= 0.6 is 0 Å². The molecule has 1 aromatic carbocycles. The molecule has 0 atom stereocenters. The molecule has 144 valence electrons. The molecule has 1 N–H and O–H groups in total. The molecule has 0 radical (unpaired) electrons. The molecule has 3 amide bonds. The number of nitrogens with zero attached hydrogens (tertiary/aromatic N) is 2. The van der Waals surface area contributed by atoms with Crippen molar-refractivity contribution in [3.8, 4) is 5.75 Å². The van der Waals surface area contributed by atoms with Crippen LogP contribution in [0.4, 0.5) is 5.69 Å². The van der Waals surface area contributed by atoms with Gasteiger partial charge in [-0.2, -0.15) is 0 Å². The maximum Gasteiger partial charge on any atom is 0.289 e. The first-order valence-corrected chi connectivity index (χ1v) is 8.45. The summed E-state index contributed by atoms with van der Waals surface area (Å²) in [5.41, 5.74) is 0.577. The molecule has 27 heavy (non-hydrogen) atoms. The Labute approximate surface area is 157 Å². The molecule has 0 spiro atoms. The predicted molar refractivity (Wildman–Crippen MR) is 99.5 cm³/mol. The minimum absolute atomic E-state index is 0.116. The molecule has 2 rings (SSSR count). The van der Waals surface area contributed by atoms with Gasteiger partial charge >= 0.3 is 0 Å². The highest BCUT2D eigenvalue weighted by atomic mass is 16.5. The van der Waals surface area contributed by atoms with Gasteiger partial charge < -0.3 is 24.3 Å². The summed E-state index contributed by atoms with van der Waals surface area (Å²) in [7, 11) is 3.05. The van der Waals surface area contributed by atoms with Crippen molar-refractivity contribution >= 4 is 23.4 Å². The van der Waals surface area contributed by atoms with Crippen LogP contribution in [0.5, 0.6) is 5.75 Å². The molecule has 0 saturated heterocycles. The van der Waals surface area contributed by atoms with E-state index in [2.05, 4.69) is 5.32 Å². The summed E-state index contributed by atoms with van der Waals surface area (Å²) in [5, 5.41) is 2.73. The number of carbonyl (C=O) groups excluding carboxylic acids is 3. The van der Waals surface area contributed by atoms with Crippen molar-refractivity contribution in [2.45, 2.75) is 6.92 Å². The molecule has 8 nitrogen and oxygen atoms in total. The summed E-state index contributed by atoms with van der Waals surface area (Å²) in [5.74, 6) is -0.289. The number of likely N-dealkylation sites (N-methyl/N-ethyl adjacent to an activating group) is 2. The van der Waals surface area contributed by atoms with Crippen LogP contribution in [0.25, 0.3) is 0 Å². The Bertz CT molecular complexity index is 788. The van der Waals surface area contributed by atoms with Crippen molar-refractivity contribution in [2.24, 2.45) is 0 Å². The molecule has 0 fully saturated rings. The third-order valence-corrected chi connectivity index (χ3v) is 3.87. The van der Waals surface area contributed by atoms with E-state index >= 15 is 0 Å². The van der Waals surface area contributed by atoms with E-state index in [1.165, 1.54) is 29.2 Å². The lowest BCUT2D eigenvalue weighted by molar-refractivity contribution is -0.134. The van der Waals surface area contributed by atoms with E-state index in [0.29, 0.717) is 18.0 Å². The number of nitrogens with one attached hydrogen (secondary N) is 1. The minimum Gasteiger partial charge on any atom is -0.497 e. The summed E-state index contributed by atoms with van der Waals surface area (Å²) in [6.45, 7) is 1.84. The number of hydrogen-bond acceptors (Lipinski definition) is 5.